The van der Waals surface area contributed by atoms with E-state index in [1.807, 2.05) is 24.3 Å². The minimum Gasteiger partial charge on any atom is -0.378 e. The number of rotatable bonds is 7. The van der Waals surface area contributed by atoms with Gasteiger partial charge in [0.1, 0.15) is 6.54 Å². The van der Waals surface area contributed by atoms with Gasteiger partial charge in [0.05, 0.1) is 17.5 Å². The van der Waals surface area contributed by atoms with Gasteiger partial charge >= 0.3 is 0 Å². The Morgan fingerprint density at radius 1 is 1.24 bits per heavy atom. The molecular weight excluding hydrogens is 336 g/mol. The Morgan fingerprint density at radius 3 is 2.88 bits per heavy atom. The number of fused-ring (bicyclic) bond motifs is 1. The van der Waals surface area contributed by atoms with Gasteiger partial charge in [0.2, 0.25) is 11.8 Å². The number of nitrogens with zero attached hydrogens (tertiary/aromatic N) is 1. The van der Waals surface area contributed by atoms with Gasteiger partial charge in [0.15, 0.2) is 0 Å². The zero-order chi connectivity index (χ0) is 17.5. The van der Waals surface area contributed by atoms with Crippen LogP contribution in [0.15, 0.2) is 29.2 Å². The van der Waals surface area contributed by atoms with E-state index < -0.39 is 0 Å². The van der Waals surface area contributed by atoms with Crippen LogP contribution >= 0.6 is 11.8 Å². The molecule has 0 bridgehead atoms. The number of carbonyl (C=O) groups excluding carboxylic acids is 2. The molecule has 1 fully saturated rings. The Labute approximate surface area is 153 Å². The highest BCUT2D eigenvalue weighted by Crippen LogP contribution is 2.34. The van der Waals surface area contributed by atoms with Crippen molar-refractivity contribution in [2.75, 3.05) is 30.3 Å². The zero-order valence-corrected chi connectivity index (χ0v) is 15.4. The van der Waals surface area contributed by atoms with Crippen LogP contribution in [-0.4, -0.2) is 43.4 Å². The number of carbonyl (C=O) groups is 2. The zero-order valence-electron chi connectivity index (χ0n) is 14.5. The summed E-state index contributed by atoms with van der Waals surface area (Å²) in [7, 11) is 0. The van der Waals surface area contributed by atoms with Crippen molar-refractivity contribution in [1.82, 2.24) is 5.32 Å². The molecular formula is C19H26N2O3S. The molecule has 25 heavy (non-hydrogen) atoms. The fourth-order valence-electron chi connectivity index (χ4n) is 3.31. The highest BCUT2D eigenvalue weighted by Gasteiger charge is 2.26. The number of thioether (sulfide) groups is 1. The number of anilines is 1. The third kappa shape index (κ3) is 5.22. The van der Waals surface area contributed by atoms with Crippen LogP contribution in [0.1, 0.15) is 38.5 Å². The number of amides is 2. The van der Waals surface area contributed by atoms with Crippen LogP contribution in [-0.2, 0) is 14.3 Å². The first kappa shape index (κ1) is 18.3. The Morgan fingerprint density at radius 2 is 2.04 bits per heavy atom. The van der Waals surface area contributed by atoms with Crippen LogP contribution in [0.3, 0.4) is 0 Å². The SMILES string of the molecule is O=C(CN1C(=O)CSc2ccccc21)NCCCOC1CCCCC1. The van der Waals surface area contributed by atoms with Crippen molar-refractivity contribution in [2.24, 2.45) is 0 Å². The largest absolute Gasteiger partial charge is 0.378 e. The third-order valence-corrected chi connectivity index (χ3v) is 5.71. The Bertz CT molecular complexity index is 602. The van der Waals surface area contributed by atoms with Gasteiger partial charge in [-0.25, -0.2) is 0 Å². The van der Waals surface area contributed by atoms with Gasteiger partial charge in [-0.2, -0.15) is 0 Å². The normalized spacial score (nSPS) is 18.1. The summed E-state index contributed by atoms with van der Waals surface area (Å²) in [5.41, 5.74) is 0.833. The van der Waals surface area contributed by atoms with Gasteiger partial charge in [0, 0.05) is 18.0 Å². The molecule has 0 radical (unpaired) electrons. The van der Waals surface area contributed by atoms with E-state index in [-0.39, 0.29) is 18.4 Å². The fourth-order valence-corrected chi connectivity index (χ4v) is 4.24. The molecule has 1 aliphatic carbocycles. The average Bonchev–Trinajstić information content (AvgIpc) is 2.65. The second-order valence-corrected chi connectivity index (χ2v) is 7.59. The van der Waals surface area contributed by atoms with E-state index in [0.717, 1.165) is 17.0 Å². The van der Waals surface area contributed by atoms with E-state index in [1.165, 1.54) is 43.9 Å². The summed E-state index contributed by atoms with van der Waals surface area (Å²) < 4.78 is 5.86. The molecule has 1 heterocycles. The van der Waals surface area contributed by atoms with Gasteiger partial charge in [-0.15, -0.1) is 11.8 Å². The summed E-state index contributed by atoms with van der Waals surface area (Å²) in [4.78, 5) is 27.0. The molecule has 1 N–H and O–H groups in total. The van der Waals surface area contributed by atoms with Gasteiger partial charge in [-0.05, 0) is 31.4 Å². The number of nitrogens with one attached hydrogen (secondary N) is 1. The number of ether oxygens (including phenoxy) is 1. The van der Waals surface area contributed by atoms with E-state index in [4.69, 9.17) is 4.74 Å². The van der Waals surface area contributed by atoms with Crippen molar-refractivity contribution in [3.8, 4) is 0 Å². The first-order valence-electron chi connectivity index (χ1n) is 9.14. The highest BCUT2D eigenvalue weighted by atomic mass is 32.2. The second kappa shape index (κ2) is 9.25. The Kier molecular flexibility index (Phi) is 6.76. The lowest BCUT2D eigenvalue weighted by molar-refractivity contribution is -0.123. The smallest absolute Gasteiger partial charge is 0.240 e. The molecule has 1 aliphatic heterocycles. The van der Waals surface area contributed by atoms with Gasteiger partial charge in [-0.1, -0.05) is 31.4 Å². The molecule has 136 valence electrons. The van der Waals surface area contributed by atoms with E-state index in [9.17, 15) is 9.59 Å². The maximum absolute atomic E-state index is 12.2. The maximum atomic E-state index is 12.2. The first-order valence-corrected chi connectivity index (χ1v) is 10.1. The molecule has 0 saturated heterocycles. The summed E-state index contributed by atoms with van der Waals surface area (Å²) in [5, 5.41) is 2.90. The average molecular weight is 362 g/mol. The van der Waals surface area contributed by atoms with E-state index in [2.05, 4.69) is 5.32 Å². The molecule has 0 spiro atoms. The van der Waals surface area contributed by atoms with Crippen molar-refractivity contribution in [3.05, 3.63) is 24.3 Å². The molecule has 0 unspecified atom stereocenters. The number of hydrogen-bond donors (Lipinski definition) is 1. The van der Waals surface area contributed by atoms with Crippen molar-refractivity contribution in [1.29, 1.82) is 0 Å². The quantitative estimate of drug-likeness (QED) is 0.758. The molecule has 2 amide bonds. The standard InChI is InChI=1S/C19H26N2O3S/c22-18(20-11-6-12-24-15-7-2-1-3-8-15)13-21-16-9-4-5-10-17(16)25-14-19(21)23/h4-5,9-10,15H,1-3,6-8,11-14H2,(H,20,22). The van der Waals surface area contributed by atoms with E-state index in [0.29, 0.717) is 25.0 Å². The number of benzene rings is 1. The molecule has 0 aromatic heterocycles. The van der Waals surface area contributed by atoms with Gasteiger partial charge in [-0.3, -0.25) is 9.59 Å². The summed E-state index contributed by atoms with van der Waals surface area (Å²) in [6, 6.07) is 7.72. The summed E-state index contributed by atoms with van der Waals surface area (Å²) in [5.74, 6) is 0.256. The molecule has 1 saturated carbocycles. The molecule has 3 rings (SSSR count). The van der Waals surface area contributed by atoms with Crippen LogP contribution in [0.2, 0.25) is 0 Å². The van der Waals surface area contributed by atoms with Crippen molar-refractivity contribution in [3.63, 3.8) is 0 Å². The summed E-state index contributed by atoms with van der Waals surface area (Å²) in [6.45, 7) is 1.36. The lowest BCUT2D eigenvalue weighted by atomic mass is 9.98. The van der Waals surface area contributed by atoms with Gasteiger partial charge in [0.25, 0.3) is 0 Å². The molecule has 5 nitrogen and oxygen atoms in total. The van der Waals surface area contributed by atoms with Crippen molar-refractivity contribution in [2.45, 2.75) is 49.5 Å². The molecule has 1 aromatic rings. The molecule has 2 aliphatic rings. The third-order valence-electron chi connectivity index (χ3n) is 4.66. The number of para-hydroxylation sites is 1. The molecule has 1 aromatic carbocycles. The van der Waals surface area contributed by atoms with Crippen LogP contribution in [0, 0.1) is 0 Å². The minimum absolute atomic E-state index is 0.0144. The minimum atomic E-state index is -0.118. The van der Waals surface area contributed by atoms with Crippen LogP contribution in [0.4, 0.5) is 5.69 Å². The second-order valence-electron chi connectivity index (χ2n) is 6.57. The predicted molar refractivity (Wildman–Crippen MR) is 100.0 cm³/mol. The monoisotopic (exact) mass is 362 g/mol. The highest BCUT2D eigenvalue weighted by molar-refractivity contribution is 8.00. The van der Waals surface area contributed by atoms with Crippen LogP contribution in [0.25, 0.3) is 0 Å². The topological polar surface area (TPSA) is 58.6 Å². The van der Waals surface area contributed by atoms with Crippen molar-refractivity contribution < 1.29 is 14.3 Å². The van der Waals surface area contributed by atoms with Crippen molar-refractivity contribution >= 4 is 29.3 Å². The first-order chi connectivity index (χ1) is 12.2. The molecule has 6 heteroatoms. The maximum Gasteiger partial charge on any atom is 0.240 e. The van der Waals surface area contributed by atoms with Crippen LogP contribution < -0.4 is 10.2 Å². The number of hydrogen-bond acceptors (Lipinski definition) is 4. The van der Waals surface area contributed by atoms with Gasteiger partial charge < -0.3 is 15.0 Å². The summed E-state index contributed by atoms with van der Waals surface area (Å²) >= 11 is 1.53. The Balaban J connectivity index is 1.38. The Hall–Kier alpha value is -1.53. The van der Waals surface area contributed by atoms with E-state index >= 15 is 0 Å². The van der Waals surface area contributed by atoms with Crippen LogP contribution in [0.5, 0.6) is 0 Å². The van der Waals surface area contributed by atoms with E-state index in [1.54, 1.807) is 4.90 Å². The lowest BCUT2D eigenvalue weighted by Crippen LogP contribution is -2.43. The summed E-state index contributed by atoms with van der Waals surface area (Å²) in [6.07, 6.45) is 7.41. The molecule has 0 atom stereocenters. The lowest BCUT2D eigenvalue weighted by Gasteiger charge is -2.28. The predicted octanol–water partition coefficient (Wildman–Crippen LogP) is 2.98. The fraction of sp³-hybridized carbons (Fsp3) is 0.579.